The number of hydrogen-bond donors (Lipinski definition) is 1. The van der Waals surface area contributed by atoms with E-state index >= 15 is 0 Å². The summed E-state index contributed by atoms with van der Waals surface area (Å²) in [5.74, 6) is 0. The van der Waals surface area contributed by atoms with Gasteiger partial charge in [0.15, 0.2) is 0 Å². The van der Waals surface area contributed by atoms with Gasteiger partial charge in [-0.15, -0.1) is 0 Å². The fraction of sp³-hybridized carbons (Fsp3) is 0.429. The molecule has 1 aromatic carbocycles. The Bertz CT molecular complexity index is 516. The minimum absolute atomic E-state index is 0.503. The zero-order valence-corrected chi connectivity index (χ0v) is 12.2. The van der Waals surface area contributed by atoms with Gasteiger partial charge in [0.2, 0.25) is 0 Å². The predicted molar refractivity (Wildman–Crippen MR) is 77.5 cm³/mol. The Kier molecular flexibility index (Phi) is 3.89. The fourth-order valence-electron chi connectivity index (χ4n) is 2.28. The van der Waals surface area contributed by atoms with Gasteiger partial charge in [-0.1, -0.05) is 12.1 Å². The lowest BCUT2D eigenvalue weighted by atomic mass is 10.2. The first-order chi connectivity index (χ1) is 8.17. The van der Waals surface area contributed by atoms with Crippen LogP contribution in [0.2, 0.25) is 0 Å². The first kappa shape index (κ1) is 12.7. The largest absolute Gasteiger partial charge is 0.344 e. The molecule has 0 spiro atoms. The second-order valence-corrected chi connectivity index (χ2v) is 5.31. The minimum atomic E-state index is 0.503. The van der Waals surface area contributed by atoms with E-state index in [-0.39, 0.29) is 0 Å². The molecule has 0 bridgehead atoms. The van der Waals surface area contributed by atoms with Gasteiger partial charge < -0.3 is 9.88 Å². The zero-order valence-electron chi connectivity index (χ0n) is 10.6. The first-order valence-electron chi connectivity index (χ1n) is 6.11. The molecule has 0 aliphatic carbocycles. The van der Waals surface area contributed by atoms with Gasteiger partial charge in [0, 0.05) is 34.6 Å². The maximum absolute atomic E-state index is 3.65. The number of nitrogens with zero attached hydrogens (tertiary/aromatic N) is 1. The Balaban J connectivity index is 2.53. The summed E-state index contributed by atoms with van der Waals surface area (Å²) in [4.78, 5) is 0. The highest BCUT2D eigenvalue weighted by Gasteiger charge is 2.11. The number of hydrogen-bond acceptors (Lipinski definition) is 1. The summed E-state index contributed by atoms with van der Waals surface area (Å²) in [7, 11) is 2.01. The van der Waals surface area contributed by atoms with Gasteiger partial charge in [0.05, 0.1) is 5.52 Å². The summed E-state index contributed by atoms with van der Waals surface area (Å²) in [5, 5.41) is 4.62. The molecule has 1 heterocycles. The molecule has 1 N–H and O–H groups in total. The van der Waals surface area contributed by atoms with E-state index in [2.05, 4.69) is 63.9 Å². The second-order valence-electron chi connectivity index (χ2n) is 4.45. The van der Waals surface area contributed by atoms with Crippen molar-refractivity contribution in [2.45, 2.75) is 32.9 Å². The molecule has 1 unspecified atom stereocenters. The van der Waals surface area contributed by atoms with E-state index in [1.807, 2.05) is 7.05 Å². The van der Waals surface area contributed by atoms with Crippen LogP contribution >= 0.6 is 15.9 Å². The molecule has 0 aliphatic heterocycles. The van der Waals surface area contributed by atoms with Gasteiger partial charge in [-0.3, -0.25) is 0 Å². The van der Waals surface area contributed by atoms with Crippen molar-refractivity contribution in [2.24, 2.45) is 0 Å². The third-order valence-electron chi connectivity index (χ3n) is 3.28. The Morgan fingerprint density at radius 1 is 1.41 bits per heavy atom. The topological polar surface area (TPSA) is 17.0 Å². The SMILES string of the molecule is CCn1c(CC(C)NC)cc2cccc(Br)c21. The van der Waals surface area contributed by atoms with Gasteiger partial charge in [-0.05, 0) is 49.0 Å². The number of rotatable bonds is 4. The molecule has 0 radical (unpaired) electrons. The van der Waals surface area contributed by atoms with Crippen molar-refractivity contribution in [3.63, 3.8) is 0 Å². The Morgan fingerprint density at radius 2 is 2.18 bits per heavy atom. The average Bonchev–Trinajstić information content (AvgIpc) is 2.67. The molecule has 17 heavy (non-hydrogen) atoms. The van der Waals surface area contributed by atoms with Gasteiger partial charge in [0.25, 0.3) is 0 Å². The number of para-hydroxylation sites is 1. The van der Waals surface area contributed by atoms with Crippen LogP contribution in [0.25, 0.3) is 10.9 Å². The molecule has 3 heteroatoms. The van der Waals surface area contributed by atoms with Gasteiger partial charge in [-0.25, -0.2) is 0 Å². The molecule has 0 saturated heterocycles. The molecule has 1 aromatic heterocycles. The van der Waals surface area contributed by atoms with Crippen LogP contribution in [0.3, 0.4) is 0 Å². The van der Waals surface area contributed by atoms with Gasteiger partial charge in [0.1, 0.15) is 0 Å². The summed E-state index contributed by atoms with van der Waals surface area (Å²) < 4.78 is 3.58. The van der Waals surface area contributed by atoms with Crippen LogP contribution in [0.1, 0.15) is 19.5 Å². The third-order valence-corrected chi connectivity index (χ3v) is 3.92. The molecular weight excluding hydrogens is 276 g/mol. The number of halogens is 1. The summed E-state index contributed by atoms with van der Waals surface area (Å²) in [6.45, 7) is 5.43. The van der Waals surface area contributed by atoms with Gasteiger partial charge in [-0.2, -0.15) is 0 Å². The minimum Gasteiger partial charge on any atom is -0.344 e. The molecule has 0 fully saturated rings. The van der Waals surface area contributed by atoms with E-state index in [9.17, 15) is 0 Å². The maximum atomic E-state index is 3.65. The second kappa shape index (κ2) is 5.23. The first-order valence-corrected chi connectivity index (χ1v) is 6.90. The number of aryl methyl sites for hydroxylation is 1. The lowest BCUT2D eigenvalue weighted by Crippen LogP contribution is -2.24. The van der Waals surface area contributed by atoms with Crippen LogP contribution in [-0.4, -0.2) is 17.7 Å². The van der Waals surface area contributed by atoms with Crippen molar-refractivity contribution in [3.05, 3.63) is 34.4 Å². The van der Waals surface area contributed by atoms with Crippen molar-refractivity contribution in [3.8, 4) is 0 Å². The van der Waals surface area contributed by atoms with Crippen LogP contribution in [0, 0.1) is 0 Å². The van der Waals surface area contributed by atoms with E-state index in [1.165, 1.54) is 21.1 Å². The number of likely N-dealkylation sites (N-methyl/N-ethyl adjacent to an activating group) is 1. The zero-order chi connectivity index (χ0) is 12.4. The number of benzene rings is 1. The van der Waals surface area contributed by atoms with Crippen molar-refractivity contribution in [2.75, 3.05) is 7.05 Å². The van der Waals surface area contributed by atoms with E-state index in [4.69, 9.17) is 0 Å². The molecular formula is C14H19BrN2. The lowest BCUT2D eigenvalue weighted by Gasteiger charge is -2.13. The van der Waals surface area contributed by atoms with E-state index in [1.54, 1.807) is 0 Å². The Labute approximate surface area is 111 Å². The number of nitrogens with one attached hydrogen (secondary N) is 1. The van der Waals surface area contributed by atoms with E-state index in [0.29, 0.717) is 6.04 Å². The Morgan fingerprint density at radius 3 is 2.82 bits per heavy atom. The summed E-state index contributed by atoms with van der Waals surface area (Å²) in [6.07, 6.45) is 1.06. The number of aromatic nitrogens is 1. The van der Waals surface area contributed by atoms with E-state index in [0.717, 1.165) is 13.0 Å². The fourth-order valence-corrected chi connectivity index (χ4v) is 2.88. The van der Waals surface area contributed by atoms with Crippen LogP contribution in [0.4, 0.5) is 0 Å². The van der Waals surface area contributed by atoms with Crippen LogP contribution in [0.5, 0.6) is 0 Å². The number of fused-ring (bicyclic) bond motifs is 1. The molecule has 2 aromatic rings. The molecule has 0 amide bonds. The molecule has 0 aliphatic rings. The average molecular weight is 295 g/mol. The monoisotopic (exact) mass is 294 g/mol. The van der Waals surface area contributed by atoms with Crippen molar-refractivity contribution in [1.82, 2.24) is 9.88 Å². The smallest absolute Gasteiger partial charge is 0.0626 e. The lowest BCUT2D eigenvalue weighted by molar-refractivity contribution is 0.581. The predicted octanol–water partition coefficient (Wildman–Crippen LogP) is 3.57. The van der Waals surface area contributed by atoms with Crippen molar-refractivity contribution in [1.29, 1.82) is 0 Å². The van der Waals surface area contributed by atoms with Gasteiger partial charge >= 0.3 is 0 Å². The standard InChI is InChI=1S/C14H19BrN2/c1-4-17-12(8-10(2)16-3)9-11-6-5-7-13(15)14(11)17/h5-7,9-10,16H,4,8H2,1-3H3. The maximum Gasteiger partial charge on any atom is 0.0626 e. The van der Waals surface area contributed by atoms with Crippen LogP contribution < -0.4 is 5.32 Å². The highest BCUT2D eigenvalue weighted by atomic mass is 79.9. The van der Waals surface area contributed by atoms with Crippen molar-refractivity contribution < 1.29 is 0 Å². The molecule has 92 valence electrons. The molecule has 2 rings (SSSR count). The summed E-state index contributed by atoms with van der Waals surface area (Å²) in [6, 6.07) is 9.19. The highest BCUT2D eigenvalue weighted by Crippen LogP contribution is 2.27. The van der Waals surface area contributed by atoms with Crippen LogP contribution in [-0.2, 0) is 13.0 Å². The normalized spacial score (nSPS) is 13.2. The summed E-state index contributed by atoms with van der Waals surface area (Å²) >= 11 is 3.65. The third kappa shape index (κ3) is 2.40. The molecule has 2 nitrogen and oxygen atoms in total. The quantitative estimate of drug-likeness (QED) is 0.912. The van der Waals surface area contributed by atoms with Crippen LogP contribution in [0.15, 0.2) is 28.7 Å². The highest BCUT2D eigenvalue weighted by molar-refractivity contribution is 9.10. The summed E-state index contributed by atoms with van der Waals surface area (Å²) in [5.41, 5.74) is 2.71. The Hall–Kier alpha value is -0.800. The molecule has 0 saturated carbocycles. The van der Waals surface area contributed by atoms with E-state index < -0.39 is 0 Å². The van der Waals surface area contributed by atoms with Crippen molar-refractivity contribution >= 4 is 26.8 Å². The molecule has 1 atom stereocenters.